The summed E-state index contributed by atoms with van der Waals surface area (Å²) < 4.78 is 5.71. The lowest BCUT2D eigenvalue weighted by Gasteiger charge is -2.11. The lowest BCUT2D eigenvalue weighted by Crippen LogP contribution is -2.15. The van der Waals surface area contributed by atoms with Gasteiger partial charge in [0.1, 0.15) is 5.69 Å². The van der Waals surface area contributed by atoms with Gasteiger partial charge >= 0.3 is 5.97 Å². The molecule has 0 saturated heterocycles. The van der Waals surface area contributed by atoms with Crippen molar-refractivity contribution in [3.8, 4) is 0 Å². The number of hydrogen-bond donors (Lipinski definition) is 2. The molecule has 1 saturated carbocycles. The predicted octanol–water partition coefficient (Wildman–Crippen LogP) is 2.15. The van der Waals surface area contributed by atoms with Gasteiger partial charge in [0.15, 0.2) is 0 Å². The highest BCUT2D eigenvalue weighted by Crippen LogP contribution is 2.20. The molecule has 98 valence electrons. The number of aromatic carboxylic acids is 1. The summed E-state index contributed by atoms with van der Waals surface area (Å²) in [5, 5.41) is 11.9. The van der Waals surface area contributed by atoms with Gasteiger partial charge in [-0.3, -0.25) is 0 Å². The Hall–Kier alpha value is -1.62. The third kappa shape index (κ3) is 3.70. The molecule has 5 nitrogen and oxygen atoms in total. The molecule has 0 amide bonds. The highest BCUT2D eigenvalue weighted by Gasteiger charge is 2.14. The summed E-state index contributed by atoms with van der Waals surface area (Å²) in [6.45, 7) is 1.38. The van der Waals surface area contributed by atoms with Crippen molar-refractivity contribution in [1.29, 1.82) is 0 Å². The van der Waals surface area contributed by atoms with Crippen LogP contribution in [0.5, 0.6) is 0 Å². The number of ether oxygens (including phenoxy) is 1. The van der Waals surface area contributed by atoms with E-state index < -0.39 is 5.97 Å². The average molecular weight is 250 g/mol. The van der Waals surface area contributed by atoms with Crippen molar-refractivity contribution in [1.82, 2.24) is 4.98 Å². The molecule has 0 aliphatic heterocycles. The van der Waals surface area contributed by atoms with Gasteiger partial charge < -0.3 is 15.2 Å². The van der Waals surface area contributed by atoms with Gasteiger partial charge in [0.05, 0.1) is 24.6 Å². The number of nitrogens with zero attached hydrogens (tertiary/aromatic N) is 1. The molecule has 1 heterocycles. The van der Waals surface area contributed by atoms with Gasteiger partial charge in [-0.05, 0) is 25.0 Å². The van der Waals surface area contributed by atoms with Gasteiger partial charge in [0.2, 0.25) is 0 Å². The van der Waals surface area contributed by atoms with E-state index in [9.17, 15) is 4.79 Å². The van der Waals surface area contributed by atoms with Crippen molar-refractivity contribution in [2.45, 2.75) is 31.8 Å². The van der Waals surface area contributed by atoms with E-state index in [-0.39, 0.29) is 5.69 Å². The number of carboxylic acids is 1. The molecule has 1 aromatic heterocycles. The van der Waals surface area contributed by atoms with Crippen LogP contribution in [0.3, 0.4) is 0 Å². The molecule has 0 bridgehead atoms. The fourth-order valence-corrected chi connectivity index (χ4v) is 2.10. The first-order valence-electron chi connectivity index (χ1n) is 6.30. The van der Waals surface area contributed by atoms with E-state index in [4.69, 9.17) is 9.84 Å². The molecule has 5 heteroatoms. The van der Waals surface area contributed by atoms with Crippen LogP contribution in [0.25, 0.3) is 0 Å². The normalized spacial score (nSPS) is 15.8. The van der Waals surface area contributed by atoms with Crippen LogP contribution in [-0.2, 0) is 4.74 Å². The summed E-state index contributed by atoms with van der Waals surface area (Å²) >= 11 is 0. The predicted molar refractivity (Wildman–Crippen MR) is 67.9 cm³/mol. The maximum atomic E-state index is 10.6. The van der Waals surface area contributed by atoms with Crippen LogP contribution < -0.4 is 5.32 Å². The van der Waals surface area contributed by atoms with E-state index in [1.54, 1.807) is 6.07 Å². The third-order valence-corrected chi connectivity index (χ3v) is 3.07. The van der Waals surface area contributed by atoms with Crippen molar-refractivity contribution in [2.75, 3.05) is 18.5 Å². The molecule has 1 aliphatic rings. The Morgan fingerprint density at radius 3 is 2.83 bits per heavy atom. The number of aromatic nitrogens is 1. The standard InChI is InChI=1S/C13H18N2O3/c16-13(17)12-6-5-10(9-15-12)14-7-8-18-11-3-1-2-4-11/h5-6,9,11,14H,1-4,7-8H2,(H,16,17). The van der Waals surface area contributed by atoms with E-state index in [1.165, 1.54) is 37.9 Å². The fourth-order valence-electron chi connectivity index (χ4n) is 2.10. The minimum Gasteiger partial charge on any atom is -0.477 e. The van der Waals surface area contributed by atoms with Crippen molar-refractivity contribution in [3.05, 3.63) is 24.0 Å². The Bertz CT molecular complexity index is 386. The summed E-state index contributed by atoms with van der Waals surface area (Å²) in [7, 11) is 0. The molecule has 0 atom stereocenters. The maximum absolute atomic E-state index is 10.6. The van der Waals surface area contributed by atoms with E-state index in [1.807, 2.05) is 0 Å². The summed E-state index contributed by atoms with van der Waals surface area (Å²) in [5.41, 5.74) is 0.873. The second kappa shape index (κ2) is 6.35. The molecule has 18 heavy (non-hydrogen) atoms. The minimum absolute atomic E-state index is 0.0581. The summed E-state index contributed by atoms with van der Waals surface area (Å²) in [5.74, 6) is -1.01. The molecular weight excluding hydrogens is 232 g/mol. The Morgan fingerprint density at radius 2 is 2.22 bits per heavy atom. The molecule has 1 aliphatic carbocycles. The molecule has 0 aromatic carbocycles. The zero-order valence-electron chi connectivity index (χ0n) is 10.3. The minimum atomic E-state index is -1.01. The Morgan fingerprint density at radius 1 is 1.44 bits per heavy atom. The van der Waals surface area contributed by atoms with Crippen molar-refractivity contribution < 1.29 is 14.6 Å². The molecule has 1 aromatic rings. The monoisotopic (exact) mass is 250 g/mol. The van der Waals surface area contributed by atoms with E-state index in [0.29, 0.717) is 19.3 Å². The number of rotatable bonds is 6. The molecular formula is C13H18N2O3. The molecule has 2 N–H and O–H groups in total. The van der Waals surface area contributed by atoms with Gasteiger partial charge in [-0.25, -0.2) is 9.78 Å². The zero-order valence-corrected chi connectivity index (χ0v) is 10.3. The third-order valence-electron chi connectivity index (χ3n) is 3.07. The fraction of sp³-hybridized carbons (Fsp3) is 0.538. The number of anilines is 1. The number of carbonyl (C=O) groups is 1. The largest absolute Gasteiger partial charge is 0.477 e. The van der Waals surface area contributed by atoms with Crippen LogP contribution in [-0.4, -0.2) is 35.3 Å². The second-order valence-corrected chi connectivity index (χ2v) is 4.44. The Kier molecular flexibility index (Phi) is 4.52. The molecule has 0 spiro atoms. The molecule has 2 rings (SSSR count). The van der Waals surface area contributed by atoms with Crippen LogP contribution >= 0.6 is 0 Å². The van der Waals surface area contributed by atoms with E-state index >= 15 is 0 Å². The Balaban J connectivity index is 1.68. The van der Waals surface area contributed by atoms with Crippen LogP contribution in [0.15, 0.2) is 18.3 Å². The first-order chi connectivity index (χ1) is 8.75. The van der Waals surface area contributed by atoms with Gasteiger partial charge in [-0.2, -0.15) is 0 Å². The summed E-state index contributed by atoms with van der Waals surface area (Å²) in [4.78, 5) is 14.4. The van der Waals surface area contributed by atoms with Crippen LogP contribution in [0.1, 0.15) is 36.2 Å². The SMILES string of the molecule is O=C(O)c1ccc(NCCOC2CCCC2)cn1. The number of hydrogen-bond acceptors (Lipinski definition) is 4. The quantitative estimate of drug-likeness (QED) is 0.757. The lowest BCUT2D eigenvalue weighted by molar-refractivity contribution is 0.0658. The highest BCUT2D eigenvalue weighted by molar-refractivity contribution is 5.85. The number of carboxylic acid groups (broad SMARTS) is 1. The lowest BCUT2D eigenvalue weighted by atomic mass is 10.3. The van der Waals surface area contributed by atoms with Gasteiger partial charge in [0.25, 0.3) is 0 Å². The zero-order chi connectivity index (χ0) is 12.8. The summed E-state index contributed by atoms with van der Waals surface area (Å²) in [6, 6.07) is 3.20. The van der Waals surface area contributed by atoms with E-state index in [2.05, 4.69) is 10.3 Å². The first kappa shape index (κ1) is 12.8. The van der Waals surface area contributed by atoms with Gasteiger partial charge in [-0.1, -0.05) is 12.8 Å². The van der Waals surface area contributed by atoms with Gasteiger partial charge in [-0.15, -0.1) is 0 Å². The topological polar surface area (TPSA) is 71.5 Å². The van der Waals surface area contributed by atoms with Crippen molar-refractivity contribution in [2.24, 2.45) is 0 Å². The van der Waals surface area contributed by atoms with Crippen molar-refractivity contribution >= 4 is 11.7 Å². The second-order valence-electron chi connectivity index (χ2n) is 4.44. The van der Waals surface area contributed by atoms with Crippen LogP contribution in [0, 0.1) is 0 Å². The van der Waals surface area contributed by atoms with E-state index in [0.717, 1.165) is 5.69 Å². The van der Waals surface area contributed by atoms with Crippen molar-refractivity contribution in [3.63, 3.8) is 0 Å². The van der Waals surface area contributed by atoms with Crippen LogP contribution in [0.4, 0.5) is 5.69 Å². The molecule has 1 fully saturated rings. The first-order valence-corrected chi connectivity index (χ1v) is 6.30. The highest BCUT2D eigenvalue weighted by atomic mass is 16.5. The smallest absolute Gasteiger partial charge is 0.354 e. The molecule has 0 unspecified atom stereocenters. The molecule has 0 radical (unpaired) electrons. The van der Waals surface area contributed by atoms with Gasteiger partial charge in [0, 0.05) is 6.54 Å². The number of nitrogens with one attached hydrogen (secondary N) is 1. The maximum Gasteiger partial charge on any atom is 0.354 e. The van der Waals surface area contributed by atoms with Crippen LogP contribution in [0.2, 0.25) is 0 Å². The number of pyridine rings is 1. The Labute approximate surface area is 106 Å². The average Bonchev–Trinajstić information content (AvgIpc) is 2.88. The summed E-state index contributed by atoms with van der Waals surface area (Å²) in [6.07, 6.45) is 6.86.